The lowest BCUT2D eigenvalue weighted by molar-refractivity contribution is 0.0281. The zero-order valence-electron chi connectivity index (χ0n) is 8.81. The molecule has 2 atom stereocenters. The van der Waals surface area contributed by atoms with E-state index in [1.165, 1.54) is 6.42 Å². The monoisotopic (exact) mass is 186 g/mol. The van der Waals surface area contributed by atoms with Gasteiger partial charge in [0.25, 0.3) is 0 Å². The van der Waals surface area contributed by atoms with E-state index in [4.69, 9.17) is 10.5 Å². The summed E-state index contributed by atoms with van der Waals surface area (Å²) in [6.45, 7) is 6.97. The van der Waals surface area contributed by atoms with Gasteiger partial charge in [-0.15, -0.1) is 0 Å². The zero-order valence-corrected chi connectivity index (χ0v) is 8.81. The minimum absolute atomic E-state index is 0.158. The molecule has 1 saturated heterocycles. The third-order valence-corrected chi connectivity index (χ3v) is 2.75. The van der Waals surface area contributed by atoms with Crippen LogP contribution < -0.4 is 11.1 Å². The third-order valence-electron chi connectivity index (χ3n) is 2.75. The Bertz CT molecular complexity index is 144. The average molecular weight is 186 g/mol. The molecule has 1 aliphatic rings. The van der Waals surface area contributed by atoms with Crippen LogP contribution in [0.2, 0.25) is 0 Å². The second-order valence-corrected chi connectivity index (χ2v) is 4.27. The van der Waals surface area contributed by atoms with Crippen LogP contribution in [0.3, 0.4) is 0 Å². The smallest absolute Gasteiger partial charge is 0.0645 e. The average Bonchev–Trinajstić information content (AvgIpc) is 2.15. The van der Waals surface area contributed by atoms with Crippen LogP contribution in [0.1, 0.15) is 33.1 Å². The standard InChI is InChI=1S/C10H22N2O/c1-3-9(11)7-12-10(2)5-4-6-13-8-10/h9,12H,3-8,11H2,1-2H3. The Morgan fingerprint density at radius 3 is 2.92 bits per heavy atom. The van der Waals surface area contributed by atoms with Crippen LogP contribution in [0.5, 0.6) is 0 Å². The fourth-order valence-corrected chi connectivity index (χ4v) is 1.60. The van der Waals surface area contributed by atoms with Gasteiger partial charge in [-0.2, -0.15) is 0 Å². The summed E-state index contributed by atoms with van der Waals surface area (Å²) in [6, 6.07) is 0.277. The van der Waals surface area contributed by atoms with Crippen molar-refractivity contribution in [2.75, 3.05) is 19.8 Å². The summed E-state index contributed by atoms with van der Waals surface area (Å²) in [5.41, 5.74) is 6.00. The number of nitrogens with two attached hydrogens (primary N) is 1. The summed E-state index contributed by atoms with van der Waals surface area (Å²) >= 11 is 0. The van der Waals surface area contributed by atoms with Crippen LogP contribution in [0, 0.1) is 0 Å². The lowest BCUT2D eigenvalue weighted by Crippen LogP contribution is -2.52. The molecule has 0 saturated carbocycles. The van der Waals surface area contributed by atoms with Gasteiger partial charge in [0.05, 0.1) is 6.61 Å². The Kier molecular flexibility index (Phi) is 4.16. The zero-order chi connectivity index (χ0) is 9.73. The molecule has 0 bridgehead atoms. The van der Waals surface area contributed by atoms with Crippen molar-refractivity contribution in [1.82, 2.24) is 5.32 Å². The fourth-order valence-electron chi connectivity index (χ4n) is 1.60. The van der Waals surface area contributed by atoms with Gasteiger partial charge in [-0.25, -0.2) is 0 Å². The molecule has 2 unspecified atom stereocenters. The first-order chi connectivity index (χ1) is 6.16. The number of nitrogens with one attached hydrogen (secondary N) is 1. The van der Waals surface area contributed by atoms with Gasteiger partial charge in [0, 0.05) is 24.7 Å². The second-order valence-electron chi connectivity index (χ2n) is 4.27. The molecule has 1 fully saturated rings. The van der Waals surface area contributed by atoms with Gasteiger partial charge >= 0.3 is 0 Å². The van der Waals surface area contributed by atoms with Crippen molar-refractivity contribution < 1.29 is 4.74 Å². The highest BCUT2D eigenvalue weighted by atomic mass is 16.5. The Morgan fingerprint density at radius 2 is 2.38 bits per heavy atom. The lowest BCUT2D eigenvalue weighted by atomic mass is 9.94. The van der Waals surface area contributed by atoms with Crippen LogP contribution >= 0.6 is 0 Å². The second kappa shape index (κ2) is 4.94. The van der Waals surface area contributed by atoms with Gasteiger partial charge in [-0.3, -0.25) is 0 Å². The summed E-state index contributed by atoms with van der Waals surface area (Å²) in [7, 11) is 0. The number of ether oxygens (including phenoxy) is 1. The maximum absolute atomic E-state index is 5.85. The van der Waals surface area contributed by atoms with Gasteiger partial charge in [0.2, 0.25) is 0 Å². The van der Waals surface area contributed by atoms with Crippen LogP contribution in [0.4, 0.5) is 0 Å². The van der Waals surface area contributed by atoms with Crippen LogP contribution in [-0.4, -0.2) is 31.3 Å². The molecule has 0 amide bonds. The van der Waals surface area contributed by atoms with Gasteiger partial charge < -0.3 is 15.8 Å². The van der Waals surface area contributed by atoms with Crippen LogP contribution in [0.15, 0.2) is 0 Å². The van der Waals surface area contributed by atoms with Crippen molar-refractivity contribution in [3.05, 3.63) is 0 Å². The van der Waals surface area contributed by atoms with E-state index >= 15 is 0 Å². The van der Waals surface area contributed by atoms with Crippen molar-refractivity contribution in [2.45, 2.75) is 44.7 Å². The predicted octanol–water partition coefficient (Wildman–Crippen LogP) is 0.882. The maximum Gasteiger partial charge on any atom is 0.0645 e. The first-order valence-electron chi connectivity index (χ1n) is 5.24. The minimum atomic E-state index is 0.158. The molecule has 1 rings (SSSR count). The van der Waals surface area contributed by atoms with E-state index in [0.717, 1.165) is 32.6 Å². The molecule has 3 N–H and O–H groups in total. The number of hydrogen-bond acceptors (Lipinski definition) is 3. The van der Waals surface area contributed by atoms with Crippen molar-refractivity contribution in [2.24, 2.45) is 5.73 Å². The molecule has 0 aromatic carbocycles. The molecule has 3 nitrogen and oxygen atoms in total. The van der Waals surface area contributed by atoms with E-state index in [2.05, 4.69) is 19.2 Å². The Morgan fingerprint density at radius 1 is 1.62 bits per heavy atom. The third kappa shape index (κ3) is 3.63. The summed E-state index contributed by atoms with van der Waals surface area (Å²) < 4.78 is 5.45. The summed E-state index contributed by atoms with van der Waals surface area (Å²) in [4.78, 5) is 0. The van der Waals surface area contributed by atoms with Gasteiger partial charge in [0.15, 0.2) is 0 Å². The van der Waals surface area contributed by atoms with Crippen LogP contribution in [-0.2, 0) is 4.74 Å². The normalized spacial score (nSPS) is 31.6. The van der Waals surface area contributed by atoms with Crippen molar-refractivity contribution in [1.29, 1.82) is 0 Å². The molecule has 0 aromatic rings. The molecular formula is C10H22N2O. The van der Waals surface area contributed by atoms with Crippen molar-refractivity contribution in [3.8, 4) is 0 Å². The van der Waals surface area contributed by atoms with E-state index in [1.54, 1.807) is 0 Å². The Hall–Kier alpha value is -0.120. The molecule has 78 valence electrons. The Balaban J connectivity index is 2.24. The SMILES string of the molecule is CCC(N)CNC1(C)CCCOC1. The maximum atomic E-state index is 5.85. The molecule has 13 heavy (non-hydrogen) atoms. The summed E-state index contributed by atoms with van der Waals surface area (Å²) in [6.07, 6.45) is 3.39. The minimum Gasteiger partial charge on any atom is -0.380 e. The van der Waals surface area contributed by atoms with Gasteiger partial charge in [-0.05, 0) is 26.2 Å². The molecule has 0 aliphatic carbocycles. The molecule has 1 heterocycles. The molecule has 0 radical (unpaired) electrons. The Labute approximate surface area is 81.0 Å². The largest absolute Gasteiger partial charge is 0.380 e. The lowest BCUT2D eigenvalue weighted by Gasteiger charge is -2.35. The molecule has 0 aromatic heterocycles. The molecule has 1 aliphatic heterocycles. The summed E-state index contributed by atoms with van der Waals surface area (Å²) in [5, 5.41) is 3.50. The molecule has 3 heteroatoms. The van der Waals surface area contributed by atoms with Gasteiger partial charge in [-0.1, -0.05) is 6.92 Å². The first kappa shape index (κ1) is 11.0. The molecular weight excluding hydrogens is 164 g/mol. The highest BCUT2D eigenvalue weighted by Crippen LogP contribution is 2.17. The predicted molar refractivity (Wildman–Crippen MR) is 54.7 cm³/mol. The van der Waals surface area contributed by atoms with E-state index in [0.29, 0.717) is 0 Å². The highest BCUT2D eigenvalue weighted by molar-refractivity contribution is 4.86. The van der Waals surface area contributed by atoms with Crippen molar-refractivity contribution in [3.63, 3.8) is 0 Å². The van der Waals surface area contributed by atoms with Crippen LogP contribution in [0.25, 0.3) is 0 Å². The van der Waals surface area contributed by atoms with Crippen molar-refractivity contribution >= 4 is 0 Å². The topological polar surface area (TPSA) is 47.3 Å². The highest BCUT2D eigenvalue weighted by Gasteiger charge is 2.26. The fraction of sp³-hybridized carbons (Fsp3) is 1.00. The number of rotatable bonds is 4. The van der Waals surface area contributed by atoms with E-state index in [9.17, 15) is 0 Å². The van der Waals surface area contributed by atoms with E-state index in [-0.39, 0.29) is 11.6 Å². The summed E-state index contributed by atoms with van der Waals surface area (Å²) in [5.74, 6) is 0. The first-order valence-corrected chi connectivity index (χ1v) is 5.24. The van der Waals surface area contributed by atoms with E-state index in [1.807, 2.05) is 0 Å². The van der Waals surface area contributed by atoms with E-state index < -0.39 is 0 Å². The quantitative estimate of drug-likeness (QED) is 0.685. The van der Waals surface area contributed by atoms with Gasteiger partial charge in [0.1, 0.15) is 0 Å². The molecule has 0 spiro atoms. The number of hydrogen-bond donors (Lipinski definition) is 2.